The Morgan fingerprint density at radius 3 is 2.78 bits per heavy atom. The first kappa shape index (κ1) is 19.8. The molecule has 146 valence electrons. The van der Waals surface area contributed by atoms with Crippen LogP contribution in [0.3, 0.4) is 0 Å². The summed E-state index contributed by atoms with van der Waals surface area (Å²) >= 11 is 2.69. The smallest absolute Gasteiger partial charge is 0.341 e. The van der Waals surface area contributed by atoms with Crippen LogP contribution in [0, 0.1) is 13.8 Å². The minimum absolute atomic E-state index is 0.172. The summed E-state index contributed by atoms with van der Waals surface area (Å²) in [5.41, 5.74) is 1.28. The van der Waals surface area contributed by atoms with Gasteiger partial charge >= 0.3 is 5.97 Å². The van der Waals surface area contributed by atoms with E-state index >= 15 is 0 Å². The Morgan fingerprint density at radius 2 is 2.07 bits per heavy atom. The number of aromatic nitrogens is 4. The number of ether oxygens (including phenoxy) is 1. The van der Waals surface area contributed by atoms with Crippen LogP contribution in [-0.2, 0) is 9.53 Å². The first-order valence-electron chi connectivity index (χ1n) is 8.98. The summed E-state index contributed by atoms with van der Waals surface area (Å²) in [7, 11) is 0. The third kappa shape index (κ3) is 4.49. The van der Waals surface area contributed by atoms with Crippen LogP contribution in [0.15, 0.2) is 5.16 Å². The Morgan fingerprint density at radius 1 is 1.33 bits per heavy atom. The molecule has 10 heteroatoms. The topological polar surface area (TPSA) is 99.0 Å². The number of thiophene rings is 1. The molecule has 1 amide bonds. The normalized spacial score (nSPS) is 14.5. The minimum Gasteiger partial charge on any atom is -0.462 e. The maximum Gasteiger partial charge on any atom is 0.341 e. The van der Waals surface area contributed by atoms with Gasteiger partial charge in [-0.1, -0.05) is 24.6 Å². The summed E-state index contributed by atoms with van der Waals surface area (Å²) in [5.74, 6) is -0.439. The Bertz CT molecular complexity index is 827. The van der Waals surface area contributed by atoms with Gasteiger partial charge in [-0.3, -0.25) is 4.79 Å². The number of tetrazole rings is 1. The highest BCUT2D eigenvalue weighted by molar-refractivity contribution is 7.99. The molecule has 3 rings (SSSR count). The molecule has 1 aliphatic rings. The van der Waals surface area contributed by atoms with E-state index in [1.54, 1.807) is 6.92 Å². The number of rotatable bonds is 7. The fraction of sp³-hybridized carbons (Fsp3) is 0.588. The van der Waals surface area contributed by atoms with Gasteiger partial charge < -0.3 is 10.1 Å². The number of anilines is 1. The Kier molecular flexibility index (Phi) is 6.48. The molecule has 1 N–H and O–H groups in total. The molecule has 2 aromatic rings. The van der Waals surface area contributed by atoms with E-state index in [4.69, 9.17) is 4.74 Å². The van der Waals surface area contributed by atoms with Crippen molar-refractivity contribution >= 4 is 40.0 Å². The molecule has 0 radical (unpaired) electrons. The van der Waals surface area contributed by atoms with Gasteiger partial charge in [0.1, 0.15) is 5.00 Å². The molecule has 0 bridgehead atoms. The minimum atomic E-state index is -0.410. The molecule has 2 heterocycles. The van der Waals surface area contributed by atoms with E-state index in [9.17, 15) is 9.59 Å². The first-order chi connectivity index (χ1) is 13.0. The SMILES string of the molecule is CCOC(=O)c1c(NC(=O)CSc2nnnn2C2CCCC2)sc(C)c1C. The molecular weight excluding hydrogens is 386 g/mol. The van der Waals surface area contributed by atoms with E-state index in [0.717, 1.165) is 23.3 Å². The molecule has 27 heavy (non-hydrogen) atoms. The Hall–Kier alpha value is -1.94. The average molecular weight is 410 g/mol. The van der Waals surface area contributed by atoms with Crippen molar-refractivity contribution in [3.05, 3.63) is 16.0 Å². The molecule has 1 fully saturated rings. The fourth-order valence-electron chi connectivity index (χ4n) is 3.12. The summed E-state index contributed by atoms with van der Waals surface area (Å²) in [6.07, 6.45) is 4.51. The summed E-state index contributed by atoms with van der Waals surface area (Å²) in [6.45, 7) is 5.83. The van der Waals surface area contributed by atoms with Crippen molar-refractivity contribution in [3.8, 4) is 0 Å². The van der Waals surface area contributed by atoms with Gasteiger partial charge in [0.05, 0.1) is 24.0 Å². The number of hydrogen-bond acceptors (Lipinski definition) is 8. The second-order valence-corrected chi connectivity index (χ2v) is 8.56. The van der Waals surface area contributed by atoms with Gasteiger partial charge in [0.25, 0.3) is 0 Å². The number of amides is 1. The standard InChI is InChI=1S/C17H23N5O3S2/c1-4-25-16(24)14-10(2)11(3)27-15(14)18-13(23)9-26-17-19-20-21-22(17)12-7-5-6-8-12/h12H,4-9H2,1-3H3,(H,18,23). The van der Waals surface area contributed by atoms with Crippen molar-refractivity contribution in [2.45, 2.75) is 57.7 Å². The number of hydrogen-bond donors (Lipinski definition) is 1. The number of nitrogens with zero attached hydrogens (tertiary/aromatic N) is 4. The highest BCUT2D eigenvalue weighted by Gasteiger charge is 2.24. The number of esters is 1. The summed E-state index contributed by atoms with van der Waals surface area (Å²) in [6, 6.07) is 0.323. The molecule has 2 aromatic heterocycles. The zero-order valence-corrected chi connectivity index (χ0v) is 17.3. The zero-order valence-electron chi connectivity index (χ0n) is 15.7. The lowest BCUT2D eigenvalue weighted by Crippen LogP contribution is -2.17. The number of aryl methyl sites for hydroxylation is 1. The molecule has 1 aliphatic carbocycles. The number of nitrogens with one attached hydrogen (secondary N) is 1. The maximum absolute atomic E-state index is 12.4. The van der Waals surface area contributed by atoms with Gasteiger partial charge in [0, 0.05) is 4.88 Å². The van der Waals surface area contributed by atoms with E-state index in [2.05, 4.69) is 20.8 Å². The predicted molar refractivity (Wildman–Crippen MR) is 104 cm³/mol. The van der Waals surface area contributed by atoms with Gasteiger partial charge in [-0.2, -0.15) is 0 Å². The highest BCUT2D eigenvalue weighted by Crippen LogP contribution is 2.34. The van der Waals surface area contributed by atoms with Crippen LogP contribution in [0.25, 0.3) is 0 Å². The second-order valence-electron chi connectivity index (χ2n) is 6.39. The predicted octanol–water partition coefficient (Wildman–Crippen LogP) is 3.37. The lowest BCUT2D eigenvalue weighted by atomic mass is 10.1. The molecule has 0 aliphatic heterocycles. The highest BCUT2D eigenvalue weighted by atomic mass is 32.2. The molecule has 0 aromatic carbocycles. The Balaban J connectivity index is 1.64. The van der Waals surface area contributed by atoms with Crippen LogP contribution in [-0.4, -0.2) is 44.4 Å². The largest absolute Gasteiger partial charge is 0.462 e. The van der Waals surface area contributed by atoms with E-state index in [0.29, 0.717) is 28.4 Å². The average Bonchev–Trinajstić information content (AvgIpc) is 3.35. The van der Waals surface area contributed by atoms with Crippen LogP contribution >= 0.6 is 23.1 Å². The lowest BCUT2D eigenvalue weighted by Gasteiger charge is -2.10. The summed E-state index contributed by atoms with van der Waals surface area (Å²) < 4.78 is 6.95. The van der Waals surface area contributed by atoms with Gasteiger partial charge in [-0.15, -0.1) is 16.4 Å². The van der Waals surface area contributed by atoms with E-state index < -0.39 is 5.97 Å². The van der Waals surface area contributed by atoms with Crippen LogP contribution in [0.2, 0.25) is 0 Å². The summed E-state index contributed by atoms with van der Waals surface area (Å²) in [4.78, 5) is 25.6. The van der Waals surface area contributed by atoms with Crippen molar-refractivity contribution in [2.75, 3.05) is 17.7 Å². The molecule has 8 nitrogen and oxygen atoms in total. The Labute approximate surface area is 166 Å². The number of carbonyl (C=O) groups excluding carboxylic acids is 2. The van der Waals surface area contributed by atoms with Crippen molar-refractivity contribution in [1.82, 2.24) is 20.2 Å². The molecule has 0 saturated heterocycles. The van der Waals surface area contributed by atoms with Gasteiger partial charge in [0.15, 0.2) is 0 Å². The van der Waals surface area contributed by atoms with Crippen molar-refractivity contribution in [2.24, 2.45) is 0 Å². The van der Waals surface area contributed by atoms with Gasteiger partial charge in [-0.05, 0) is 49.6 Å². The molecular formula is C17H23N5O3S2. The third-order valence-corrected chi connectivity index (χ3v) is 6.64. The van der Waals surface area contributed by atoms with E-state index in [1.165, 1.54) is 35.9 Å². The van der Waals surface area contributed by atoms with Gasteiger partial charge in [-0.25, -0.2) is 9.48 Å². The van der Waals surface area contributed by atoms with Crippen molar-refractivity contribution < 1.29 is 14.3 Å². The van der Waals surface area contributed by atoms with Crippen LogP contribution in [0.5, 0.6) is 0 Å². The first-order valence-corrected chi connectivity index (χ1v) is 10.8. The number of thioether (sulfide) groups is 1. The molecule has 0 unspecified atom stereocenters. The van der Waals surface area contributed by atoms with Crippen molar-refractivity contribution in [3.63, 3.8) is 0 Å². The van der Waals surface area contributed by atoms with Gasteiger partial charge in [0.2, 0.25) is 11.1 Å². The molecule has 0 atom stereocenters. The van der Waals surface area contributed by atoms with Crippen LogP contribution in [0.4, 0.5) is 5.00 Å². The zero-order chi connectivity index (χ0) is 19.4. The molecule has 1 saturated carbocycles. The lowest BCUT2D eigenvalue weighted by molar-refractivity contribution is -0.113. The van der Waals surface area contributed by atoms with Crippen LogP contribution in [0.1, 0.15) is 59.4 Å². The quantitative estimate of drug-likeness (QED) is 0.553. The number of carbonyl (C=O) groups is 2. The molecule has 0 spiro atoms. The summed E-state index contributed by atoms with van der Waals surface area (Å²) in [5, 5.41) is 15.9. The monoisotopic (exact) mass is 409 g/mol. The van der Waals surface area contributed by atoms with Crippen molar-refractivity contribution in [1.29, 1.82) is 0 Å². The third-order valence-electron chi connectivity index (χ3n) is 4.58. The fourth-order valence-corrected chi connectivity index (χ4v) is 4.92. The van der Waals surface area contributed by atoms with E-state index in [-0.39, 0.29) is 11.7 Å². The second kappa shape index (κ2) is 8.83. The van der Waals surface area contributed by atoms with Crippen LogP contribution < -0.4 is 5.32 Å². The maximum atomic E-state index is 12.4. The van der Waals surface area contributed by atoms with E-state index in [1.807, 2.05) is 18.5 Å².